The van der Waals surface area contributed by atoms with Crippen LogP contribution in [-0.2, 0) is 58.8 Å². The maximum Gasteiger partial charge on any atom is 0.427 e. The summed E-state index contributed by atoms with van der Waals surface area (Å²) in [5, 5.41) is 2.83. The fourth-order valence-corrected chi connectivity index (χ4v) is 7.99. The van der Waals surface area contributed by atoms with Gasteiger partial charge in [0.1, 0.15) is 42.1 Å². The molecule has 0 radical (unpaired) electrons. The van der Waals surface area contributed by atoms with Crippen LogP contribution in [-0.4, -0.2) is 160 Å². The van der Waals surface area contributed by atoms with E-state index in [1.807, 2.05) is 69.3 Å². The predicted molar refractivity (Wildman–Crippen MR) is 302 cm³/mol. The smallest absolute Gasteiger partial charge is 0.427 e. The number of carbonyl (C=O) groups excluding carboxylic acids is 7. The van der Waals surface area contributed by atoms with Crippen LogP contribution >= 0.6 is 0 Å². The Hall–Kier alpha value is -7.44. The Bertz CT molecular complexity index is 2790. The van der Waals surface area contributed by atoms with Gasteiger partial charge in [0.2, 0.25) is 11.9 Å². The molecule has 1 N–H and O–H groups in total. The summed E-state index contributed by atoms with van der Waals surface area (Å²) in [6.45, 7) is 25.3. The lowest BCUT2D eigenvalue weighted by molar-refractivity contribution is -0.149. The van der Waals surface area contributed by atoms with Crippen molar-refractivity contribution in [2.75, 3.05) is 69.1 Å². The molecular weight excluding hydrogens is 1060 g/mol. The monoisotopic (exact) mass is 1150 g/mol. The van der Waals surface area contributed by atoms with Gasteiger partial charge in [-0.25, -0.2) is 29.0 Å². The molecule has 0 saturated carbocycles. The second-order valence-electron chi connectivity index (χ2n) is 24.3. The van der Waals surface area contributed by atoms with Crippen LogP contribution in [0.15, 0.2) is 54.9 Å². The molecule has 0 aliphatic heterocycles. The summed E-state index contributed by atoms with van der Waals surface area (Å²) in [7, 11) is 0. The molecule has 2 aromatic carbocycles. The first-order chi connectivity index (χ1) is 38.1. The molecule has 0 bridgehead atoms. The summed E-state index contributed by atoms with van der Waals surface area (Å²) in [5.74, 6) is -3.24. The van der Waals surface area contributed by atoms with Gasteiger partial charge < -0.3 is 57.4 Å². The molecule has 450 valence electrons. The third kappa shape index (κ3) is 19.9. The minimum absolute atomic E-state index is 0.0258. The summed E-state index contributed by atoms with van der Waals surface area (Å²) < 4.78 is 52.6. The van der Waals surface area contributed by atoms with Gasteiger partial charge in [0.15, 0.2) is 17.0 Å². The molecule has 0 fully saturated rings. The Morgan fingerprint density at radius 3 is 1.62 bits per heavy atom. The van der Waals surface area contributed by atoms with Crippen molar-refractivity contribution >= 4 is 65.3 Å². The van der Waals surface area contributed by atoms with Gasteiger partial charge in [-0.15, -0.1) is 4.90 Å². The Morgan fingerprint density at radius 2 is 1.11 bits per heavy atom. The van der Waals surface area contributed by atoms with E-state index in [-0.39, 0.29) is 62.3 Å². The highest BCUT2D eigenvalue weighted by Crippen LogP contribution is 2.44. The molecule has 6 amide bonds. The second kappa shape index (κ2) is 27.6. The summed E-state index contributed by atoms with van der Waals surface area (Å²) in [6, 6.07) is 14.7. The number of benzene rings is 2. The van der Waals surface area contributed by atoms with Crippen molar-refractivity contribution in [1.82, 2.24) is 29.7 Å². The number of nitrogens with zero attached hydrogens (tertiary/aromatic N) is 7. The number of ether oxygens (including phenoxy) is 9. The van der Waals surface area contributed by atoms with Crippen LogP contribution in [0.2, 0.25) is 0 Å². The third-order valence-corrected chi connectivity index (χ3v) is 11.2. The number of esters is 1. The number of hydrogen-bond acceptors (Lipinski definition) is 19. The summed E-state index contributed by atoms with van der Waals surface area (Å²) in [5.41, 5.74) is -1.73. The van der Waals surface area contributed by atoms with Crippen molar-refractivity contribution in [3.63, 3.8) is 0 Å². The molecule has 24 nitrogen and oxygen atoms in total. The van der Waals surface area contributed by atoms with E-state index in [0.29, 0.717) is 29.4 Å². The minimum Gasteiger partial charge on any atom is -0.464 e. The van der Waals surface area contributed by atoms with Gasteiger partial charge in [-0.1, -0.05) is 55.5 Å². The number of anilines is 2. The minimum atomic E-state index is -1.31. The van der Waals surface area contributed by atoms with E-state index in [1.165, 1.54) is 4.57 Å². The first-order valence-electron chi connectivity index (χ1n) is 27.2. The number of imidazole rings is 1. The normalized spacial score (nSPS) is 13.1. The lowest BCUT2D eigenvalue weighted by Gasteiger charge is -2.29. The summed E-state index contributed by atoms with van der Waals surface area (Å²) in [4.78, 5) is 114. The van der Waals surface area contributed by atoms with E-state index in [0.717, 1.165) is 33.5 Å². The van der Waals surface area contributed by atoms with Crippen LogP contribution in [0.4, 0.5) is 35.7 Å². The van der Waals surface area contributed by atoms with Crippen LogP contribution in [0.25, 0.3) is 22.3 Å². The van der Waals surface area contributed by atoms with E-state index in [2.05, 4.69) is 20.3 Å². The van der Waals surface area contributed by atoms with Gasteiger partial charge in [0.25, 0.3) is 0 Å². The van der Waals surface area contributed by atoms with E-state index >= 15 is 0 Å². The van der Waals surface area contributed by atoms with Crippen molar-refractivity contribution in [3.05, 3.63) is 66.0 Å². The van der Waals surface area contributed by atoms with Crippen LogP contribution in [0, 0.1) is 0 Å². The lowest BCUT2D eigenvalue weighted by atomic mass is 9.98. The fraction of sp³-hybridized carbons (Fsp3) is 0.586. The highest BCUT2D eigenvalue weighted by atomic mass is 16.6. The molecule has 4 aromatic rings. The summed E-state index contributed by atoms with van der Waals surface area (Å²) in [6.07, 6.45) is -4.45. The first-order valence-corrected chi connectivity index (χ1v) is 27.2. The zero-order valence-corrected chi connectivity index (χ0v) is 50.3. The number of carbonyl (C=O) groups is 7. The molecule has 5 rings (SSSR count). The Kier molecular flexibility index (Phi) is 22.0. The summed E-state index contributed by atoms with van der Waals surface area (Å²) >= 11 is 0. The van der Waals surface area contributed by atoms with Crippen molar-refractivity contribution in [2.45, 2.75) is 164 Å². The van der Waals surface area contributed by atoms with E-state index < -0.39 is 95.6 Å². The predicted octanol–water partition coefficient (Wildman–Crippen LogP) is 9.72. The number of hydrogen-bond donors (Lipinski definition) is 1. The van der Waals surface area contributed by atoms with Gasteiger partial charge in [-0.2, -0.15) is 14.9 Å². The molecule has 1 aliphatic carbocycles. The molecule has 0 saturated heterocycles. The van der Waals surface area contributed by atoms with Crippen molar-refractivity contribution < 1.29 is 76.2 Å². The van der Waals surface area contributed by atoms with E-state index in [9.17, 15) is 33.6 Å². The number of alkyl carbamates (subject to hydrolysis) is 1. The highest BCUT2D eigenvalue weighted by molar-refractivity contribution is 6.14. The Balaban J connectivity index is 1.58. The third-order valence-electron chi connectivity index (χ3n) is 11.2. The number of fused-ring (bicyclic) bond motifs is 4. The molecule has 2 aromatic heterocycles. The average Bonchev–Trinajstić information content (AvgIpc) is 2.98. The Morgan fingerprint density at radius 1 is 0.610 bits per heavy atom. The topological polar surface area (TPSA) is 268 Å². The van der Waals surface area contributed by atoms with Crippen molar-refractivity contribution in [1.29, 1.82) is 0 Å². The SMILES string of the molecule is CCCOC(=O)CN(CC(COCCOCCOC(C)(C)C)NC(=O)OCC1c2ccccc2-c2ccccc21)C(=O)Cn1cnc2c(N(C(=O)OC(C)(C)C)C(=O)OC(C)(C)C)nc(N(C(=O)OC(C)(C)C)C(=O)OC(C)(C)C)nc21. The number of aromatic nitrogens is 4. The van der Waals surface area contributed by atoms with Crippen molar-refractivity contribution in [3.8, 4) is 11.1 Å². The quantitative estimate of drug-likeness (QED) is 0.0462. The van der Waals surface area contributed by atoms with Crippen LogP contribution in [0.3, 0.4) is 0 Å². The number of nitrogens with one attached hydrogen (secondary N) is 1. The average molecular weight is 1150 g/mol. The van der Waals surface area contributed by atoms with Gasteiger partial charge >= 0.3 is 36.4 Å². The molecule has 2 heterocycles. The van der Waals surface area contributed by atoms with Crippen LogP contribution < -0.4 is 15.1 Å². The maximum absolute atomic E-state index is 15.0. The maximum atomic E-state index is 15.0. The molecular formula is C58H82N8O16. The van der Waals surface area contributed by atoms with Gasteiger partial charge in [0, 0.05) is 12.5 Å². The number of amides is 6. The van der Waals surface area contributed by atoms with Gasteiger partial charge in [0.05, 0.1) is 57.6 Å². The number of imide groups is 2. The molecule has 0 spiro atoms. The first kappa shape index (κ1) is 65.4. The largest absolute Gasteiger partial charge is 0.464 e. The Labute approximate surface area is 479 Å². The van der Waals surface area contributed by atoms with Crippen molar-refractivity contribution in [2.24, 2.45) is 0 Å². The van der Waals surface area contributed by atoms with Gasteiger partial charge in [-0.3, -0.25) is 9.59 Å². The van der Waals surface area contributed by atoms with Crippen LogP contribution in [0.5, 0.6) is 0 Å². The lowest BCUT2D eigenvalue weighted by Crippen LogP contribution is -2.50. The van der Waals surface area contributed by atoms with Gasteiger partial charge in [-0.05, 0) is 133 Å². The van der Waals surface area contributed by atoms with E-state index in [4.69, 9.17) is 42.6 Å². The second-order valence-corrected chi connectivity index (χ2v) is 24.3. The highest BCUT2D eigenvalue weighted by Gasteiger charge is 2.41. The van der Waals surface area contributed by atoms with Crippen LogP contribution in [0.1, 0.15) is 134 Å². The molecule has 1 atom stereocenters. The zero-order valence-electron chi connectivity index (χ0n) is 50.3. The molecule has 82 heavy (non-hydrogen) atoms. The standard InChI is InChI=1S/C58H82N8O16/c1-17-26-76-44(68)33-63(31-37(34-75-28-27-74-29-30-78-54(2,3)4)60-49(69)77-35-42-40-24-20-18-22-38(40)39-23-19-21-25-41(39)42)43(67)32-64-36-59-45-46(64)61-48(66(52(72)81-57(11,12)13)53(73)82-58(14,15)16)62-47(45)65(50(70)79-55(5,6)7)51(71)80-56(8,9)10/h18-25,36-37,42H,17,26-35H2,1-16H3,(H,60,69). The molecule has 24 heteroatoms. The molecule has 1 aliphatic rings. The fourth-order valence-electron chi connectivity index (χ4n) is 7.99. The van der Waals surface area contributed by atoms with E-state index in [1.54, 1.807) is 90.0 Å². The number of rotatable bonds is 21. The zero-order chi connectivity index (χ0) is 61.0. The molecule has 1 unspecified atom stereocenters.